The van der Waals surface area contributed by atoms with E-state index >= 15 is 0 Å². The van der Waals surface area contributed by atoms with Crippen LogP contribution in [0.15, 0.2) is 47.0 Å². The summed E-state index contributed by atoms with van der Waals surface area (Å²) in [4.78, 5) is 4.24. The summed E-state index contributed by atoms with van der Waals surface area (Å²) in [5.74, 6) is 0.489. The molecule has 1 fully saturated rings. The second-order valence-corrected chi connectivity index (χ2v) is 7.14. The van der Waals surface area contributed by atoms with Crippen LogP contribution >= 0.6 is 0 Å². The maximum absolute atomic E-state index is 14.3. The number of nitriles is 1. The minimum Gasteiger partial charge on any atom is -0.438 e. The molecular weight excluding hydrogens is 385 g/mol. The van der Waals surface area contributed by atoms with Crippen LogP contribution in [-0.4, -0.2) is 37.9 Å². The normalized spacial score (nSPS) is 16.4. The maximum Gasteiger partial charge on any atom is 0.220 e. The summed E-state index contributed by atoms with van der Waals surface area (Å²) in [6, 6.07) is 12.5. The first-order chi connectivity index (χ1) is 14.7. The van der Waals surface area contributed by atoms with E-state index in [9.17, 15) is 4.39 Å². The lowest BCUT2D eigenvalue weighted by molar-refractivity contribution is 0.0292. The van der Waals surface area contributed by atoms with Crippen LogP contribution in [0.1, 0.15) is 17.0 Å². The minimum absolute atomic E-state index is 0.0141. The van der Waals surface area contributed by atoms with E-state index in [0.29, 0.717) is 23.8 Å². The number of nitrogens with one attached hydrogen (secondary N) is 1. The van der Waals surface area contributed by atoms with Gasteiger partial charge in [-0.25, -0.2) is 9.37 Å². The van der Waals surface area contributed by atoms with E-state index in [1.54, 1.807) is 19.4 Å². The Kier molecular flexibility index (Phi) is 6.19. The van der Waals surface area contributed by atoms with Gasteiger partial charge >= 0.3 is 0 Å². The van der Waals surface area contributed by atoms with Crippen molar-refractivity contribution in [1.29, 1.82) is 5.26 Å². The van der Waals surface area contributed by atoms with Crippen molar-refractivity contribution < 1.29 is 18.3 Å². The summed E-state index contributed by atoms with van der Waals surface area (Å²) in [6.45, 7) is 2.62. The molecule has 0 saturated carbocycles. The molecular formula is C23H22FN3O3. The molecule has 1 aliphatic rings. The lowest BCUT2D eigenvalue weighted by Gasteiger charge is -2.24. The third-order valence-electron chi connectivity index (χ3n) is 5.04. The van der Waals surface area contributed by atoms with Gasteiger partial charge in [-0.1, -0.05) is 24.3 Å². The van der Waals surface area contributed by atoms with Gasteiger partial charge in [0.2, 0.25) is 5.89 Å². The molecule has 1 saturated heterocycles. The molecule has 1 N–H and O–H groups in total. The molecule has 1 aliphatic heterocycles. The molecule has 7 heteroatoms. The van der Waals surface area contributed by atoms with E-state index in [1.807, 2.05) is 24.3 Å². The molecule has 3 aromatic rings. The summed E-state index contributed by atoms with van der Waals surface area (Å²) < 4.78 is 31.1. The van der Waals surface area contributed by atoms with Crippen molar-refractivity contribution in [3.05, 3.63) is 65.4 Å². The Bertz CT molecular complexity index is 1070. The Morgan fingerprint density at radius 2 is 2.17 bits per heavy atom. The van der Waals surface area contributed by atoms with Crippen LogP contribution < -0.4 is 5.32 Å². The number of ether oxygens (including phenoxy) is 2. The topological polar surface area (TPSA) is 80.3 Å². The quantitative estimate of drug-likeness (QED) is 0.671. The number of methoxy groups -OCH3 is 1. The van der Waals surface area contributed by atoms with Gasteiger partial charge in [-0.05, 0) is 35.2 Å². The molecule has 154 valence electrons. The van der Waals surface area contributed by atoms with E-state index < -0.39 is 5.82 Å². The van der Waals surface area contributed by atoms with Crippen LogP contribution in [0.2, 0.25) is 0 Å². The zero-order chi connectivity index (χ0) is 20.9. The smallest absolute Gasteiger partial charge is 0.220 e. The van der Waals surface area contributed by atoms with Crippen LogP contribution in [0.4, 0.5) is 4.39 Å². The molecule has 0 spiro atoms. The summed E-state index contributed by atoms with van der Waals surface area (Å²) in [6.07, 6.45) is 2.47. The van der Waals surface area contributed by atoms with Crippen LogP contribution in [0.5, 0.6) is 0 Å². The van der Waals surface area contributed by atoms with E-state index in [2.05, 4.69) is 10.3 Å². The van der Waals surface area contributed by atoms with Gasteiger partial charge in [0.05, 0.1) is 24.5 Å². The number of hydrogen-bond acceptors (Lipinski definition) is 6. The van der Waals surface area contributed by atoms with E-state index in [1.165, 1.54) is 12.1 Å². The zero-order valence-electron chi connectivity index (χ0n) is 16.7. The zero-order valence-corrected chi connectivity index (χ0v) is 16.7. The molecule has 1 unspecified atom stereocenters. The summed E-state index contributed by atoms with van der Waals surface area (Å²) in [7, 11) is 1.58. The molecule has 6 nitrogen and oxygen atoms in total. The molecule has 0 radical (unpaired) electrons. The van der Waals surface area contributed by atoms with Crippen molar-refractivity contribution in [3.63, 3.8) is 0 Å². The van der Waals surface area contributed by atoms with Gasteiger partial charge in [0.1, 0.15) is 18.5 Å². The molecule has 0 bridgehead atoms. The Morgan fingerprint density at radius 3 is 2.90 bits per heavy atom. The fourth-order valence-electron chi connectivity index (χ4n) is 3.58. The van der Waals surface area contributed by atoms with E-state index in [4.69, 9.17) is 19.2 Å². The molecule has 2 aromatic carbocycles. The molecule has 1 aromatic heterocycles. The predicted molar refractivity (Wildman–Crippen MR) is 109 cm³/mol. The number of nitrogens with zero attached hydrogens (tertiary/aromatic N) is 2. The van der Waals surface area contributed by atoms with Crippen molar-refractivity contribution in [2.75, 3.05) is 26.8 Å². The Morgan fingerprint density at radius 1 is 1.27 bits per heavy atom. The molecule has 0 aliphatic carbocycles. The highest BCUT2D eigenvalue weighted by Crippen LogP contribution is 2.34. The third-order valence-corrected chi connectivity index (χ3v) is 5.04. The largest absolute Gasteiger partial charge is 0.438 e. The standard InChI is InChI=1S/C23H22FN3O3/c1-28-14-23-27-13-22(30-23)19-5-2-15(8-18-12-26-6-7-29-18)9-20(19)16-3-4-17(11-25)21(24)10-16/h2-5,9-10,13,18,26H,6-8,12,14H2,1H3. The van der Waals surface area contributed by atoms with E-state index in [0.717, 1.165) is 36.2 Å². The van der Waals surface area contributed by atoms with Crippen molar-refractivity contribution in [2.45, 2.75) is 19.1 Å². The van der Waals surface area contributed by atoms with Crippen molar-refractivity contribution in [1.82, 2.24) is 10.3 Å². The molecule has 4 rings (SSSR count). The van der Waals surface area contributed by atoms with Crippen LogP contribution in [-0.2, 0) is 22.5 Å². The van der Waals surface area contributed by atoms with Gasteiger partial charge < -0.3 is 19.2 Å². The van der Waals surface area contributed by atoms with Crippen LogP contribution in [0, 0.1) is 17.1 Å². The van der Waals surface area contributed by atoms with Gasteiger partial charge in [-0.3, -0.25) is 0 Å². The number of morpholine rings is 1. The van der Waals surface area contributed by atoms with Gasteiger partial charge in [0.25, 0.3) is 0 Å². The predicted octanol–water partition coefficient (Wildman–Crippen LogP) is 3.70. The van der Waals surface area contributed by atoms with Crippen LogP contribution in [0.3, 0.4) is 0 Å². The molecule has 1 atom stereocenters. The third kappa shape index (κ3) is 4.41. The van der Waals surface area contributed by atoms with Crippen molar-refractivity contribution >= 4 is 0 Å². The summed E-state index contributed by atoms with van der Waals surface area (Å²) in [5.41, 5.74) is 3.35. The summed E-state index contributed by atoms with van der Waals surface area (Å²) in [5, 5.41) is 12.4. The van der Waals surface area contributed by atoms with Crippen molar-refractivity contribution in [3.8, 4) is 28.5 Å². The van der Waals surface area contributed by atoms with E-state index in [-0.39, 0.29) is 18.3 Å². The average Bonchev–Trinajstić information content (AvgIpc) is 3.23. The Hall–Kier alpha value is -3.05. The number of hydrogen-bond donors (Lipinski definition) is 1. The van der Waals surface area contributed by atoms with Gasteiger partial charge in [0.15, 0.2) is 5.76 Å². The monoisotopic (exact) mass is 407 g/mol. The number of aromatic nitrogens is 1. The highest BCUT2D eigenvalue weighted by atomic mass is 19.1. The lowest BCUT2D eigenvalue weighted by atomic mass is 9.93. The fraction of sp³-hybridized carbons (Fsp3) is 0.304. The van der Waals surface area contributed by atoms with Gasteiger partial charge in [-0.2, -0.15) is 5.26 Å². The fourth-order valence-corrected chi connectivity index (χ4v) is 3.58. The highest BCUT2D eigenvalue weighted by Gasteiger charge is 2.18. The lowest BCUT2D eigenvalue weighted by Crippen LogP contribution is -2.39. The first-order valence-corrected chi connectivity index (χ1v) is 9.77. The van der Waals surface area contributed by atoms with Crippen molar-refractivity contribution in [2.24, 2.45) is 0 Å². The Balaban J connectivity index is 1.74. The average molecular weight is 407 g/mol. The van der Waals surface area contributed by atoms with Crippen LogP contribution in [0.25, 0.3) is 22.5 Å². The second-order valence-electron chi connectivity index (χ2n) is 7.14. The maximum atomic E-state index is 14.3. The molecule has 2 heterocycles. The number of rotatable bonds is 6. The first kappa shape index (κ1) is 20.2. The minimum atomic E-state index is -0.552. The first-order valence-electron chi connectivity index (χ1n) is 9.77. The Labute approximate surface area is 174 Å². The van der Waals surface area contributed by atoms with Gasteiger partial charge in [-0.15, -0.1) is 0 Å². The van der Waals surface area contributed by atoms with Gasteiger partial charge in [0, 0.05) is 25.8 Å². The number of halogens is 1. The number of oxazole rings is 1. The second kappa shape index (κ2) is 9.18. The molecule has 0 amide bonds. The number of benzene rings is 2. The summed E-state index contributed by atoms with van der Waals surface area (Å²) >= 11 is 0. The highest BCUT2D eigenvalue weighted by molar-refractivity contribution is 5.82. The molecule has 30 heavy (non-hydrogen) atoms. The SMILES string of the molecule is COCc1ncc(-c2ccc(CC3CNCCO3)cc2-c2ccc(C#N)c(F)c2)o1.